The van der Waals surface area contributed by atoms with Gasteiger partial charge in [-0.3, -0.25) is 4.79 Å². The number of aryl methyl sites for hydroxylation is 1. The van der Waals surface area contributed by atoms with Gasteiger partial charge in [-0.25, -0.2) is 13.1 Å². The molecule has 7 heteroatoms. The van der Waals surface area contributed by atoms with Crippen molar-refractivity contribution in [2.24, 2.45) is 0 Å². The number of carbonyl (C=O) groups excluding carboxylic acids is 1. The Hall–Kier alpha value is -2.93. The van der Waals surface area contributed by atoms with Crippen LogP contribution in [0.5, 0.6) is 0 Å². The summed E-state index contributed by atoms with van der Waals surface area (Å²) in [6.07, 6.45) is 4.85. The van der Waals surface area contributed by atoms with Crippen LogP contribution in [0, 0.1) is 6.92 Å². The van der Waals surface area contributed by atoms with E-state index in [0.717, 1.165) is 23.1 Å². The van der Waals surface area contributed by atoms with E-state index in [9.17, 15) is 13.2 Å². The summed E-state index contributed by atoms with van der Waals surface area (Å²) in [4.78, 5) is 12.5. The summed E-state index contributed by atoms with van der Waals surface area (Å²) < 4.78 is 24.7. The minimum Gasteiger partial charge on any atom is -0.348 e. The Morgan fingerprint density at radius 3 is 2.27 bits per heavy atom. The number of sulfone groups is 1. The lowest BCUT2D eigenvalue weighted by molar-refractivity contribution is 0.0951. The molecule has 0 aliphatic carbocycles. The molecule has 0 unspecified atom stereocenters. The third-order valence-electron chi connectivity index (χ3n) is 3.91. The molecule has 3 aromatic rings. The molecule has 0 aliphatic rings. The van der Waals surface area contributed by atoms with E-state index in [4.69, 9.17) is 0 Å². The van der Waals surface area contributed by atoms with Crippen LogP contribution in [0.25, 0.3) is 5.69 Å². The molecular formula is C19H19N3O3S. The van der Waals surface area contributed by atoms with Crippen molar-refractivity contribution in [1.29, 1.82) is 0 Å². The lowest BCUT2D eigenvalue weighted by Crippen LogP contribution is -2.22. The number of nitrogens with zero attached hydrogens (tertiary/aromatic N) is 2. The molecule has 0 bridgehead atoms. The summed E-state index contributed by atoms with van der Waals surface area (Å²) in [5, 5.41) is 7.06. The number of aromatic nitrogens is 2. The predicted octanol–water partition coefficient (Wildman–Crippen LogP) is 2.51. The number of rotatable bonds is 5. The van der Waals surface area contributed by atoms with Gasteiger partial charge in [-0.05, 0) is 54.4 Å². The fraction of sp³-hybridized carbons (Fsp3) is 0.158. The van der Waals surface area contributed by atoms with Crippen LogP contribution < -0.4 is 5.32 Å². The molecule has 0 radical (unpaired) electrons. The molecule has 2 aromatic carbocycles. The second-order valence-electron chi connectivity index (χ2n) is 6.11. The first-order valence-corrected chi connectivity index (χ1v) is 9.91. The van der Waals surface area contributed by atoms with Crippen LogP contribution in [-0.2, 0) is 16.4 Å². The number of hydrogen-bond acceptors (Lipinski definition) is 4. The summed E-state index contributed by atoms with van der Waals surface area (Å²) in [5.41, 5.74) is 3.32. The van der Waals surface area contributed by atoms with E-state index in [0.29, 0.717) is 12.1 Å². The highest BCUT2D eigenvalue weighted by molar-refractivity contribution is 7.90. The Morgan fingerprint density at radius 1 is 1.08 bits per heavy atom. The fourth-order valence-corrected chi connectivity index (χ4v) is 3.09. The molecule has 0 atom stereocenters. The van der Waals surface area contributed by atoms with Gasteiger partial charge in [0.1, 0.15) is 0 Å². The van der Waals surface area contributed by atoms with Gasteiger partial charge in [-0.2, -0.15) is 5.10 Å². The Kier molecular flexibility index (Phi) is 4.90. The zero-order valence-electron chi connectivity index (χ0n) is 14.5. The number of nitrogens with one attached hydrogen (secondary N) is 1. The van der Waals surface area contributed by atoms with Gasteiger partial charge in [-0.1, -0.05) is 12.1 Å². The van der Waals surface area contributed by atoms with Gasteiger partial charge in [0, 0.05) is 24.6 Å². The monoisotopic (exact) mass is 369 g/mol. The fourth-order valence-electron chi connectivity index (χ4n) is 2.46. The largest absolute Gasteiger partial charge is 0.348 e. The third kappa shape index (κ3) is 4.18. The van der Waals surface area contributed by atoms with Crippen molar-refractivity contribution in [2.45, 2.75) is 18.4 Å². The Bertz CT molecular complexity index is 1020. The Labute approximate surface area is 152 Å². The second kappa shape index (κ2) is 7.13. The van der Waals surface area contributed by atoms with Crippen LogP contribution in [-0.4, -0.2) is 30.4 Å². The van der Waals surface area contributed by atoms with E-state index in [1.807, 2.05) is 25.3 Å². The van der Waals surface area contributed by atoms with Gasteiger partial charge in [0.15, 0.2) is 9.84 Å². The smallest absolute Gasteiger partial charge is 0.251 e. The van der Waals surface area contributed by atoms with Crippen LogP contribution in [0.2, 0.25) is 0 Å². The maximum atomic E-state index is 12.3. The maximum Gasteiger partial charge on any atom is 0.251 e. The van der Waals surface area contributed by atoms with Crippen molar-refractivity contribution in [3.8, 4) is 5.69 Å². The number of benzene rings is 2. The molecule has 1 heterocycles. The summed E-state index contributed by atoms with van der Waals surface area (Å²) in [5.74, 6) is -0.194. The quantitative estimate of drug-likeness (QED) is 0.749. The highest BCUT2D eigenvalue weighted by atomic mass is 32.2. The van der Waals surface area contributed by atoms with Gasteiger partial charge >= 0.3 is 0 Å². The van der Waals surface area contributed by atoms with Gasteiger partial charge in [-0.15, -0.1) is 0 Å². The molecule has 0 saturated heterocycles. The first-order valence-electron chi connectivity index (χ1n) is 8.02. The van der Waals surface area contributed by atoms with E-state index in [1.165, 1.54) is 12.1 Å². The van der Waals surface area contributed by atoms with Crippen molar-refractivity contribution in [3.05, 3.63) is 77.6 Å². The maximum absolute atomic E-state index is 12.3. The van der Waals surface area contributed by atoms with Gasteiger partial charge < -0.3 is 5.32 Å². The highest BCUT2D eigenvalue weighted by Gasteiger charge is 2.08. The van der Waals surface area contributed by atoms with Crippen molar-refractivity contribution in [3.63, 3.8) is 0 Å². The summed E-state index contributed by atoms with van der Waals surface area (Å²) in [6, 6.07) is 13.6. The van der Waals surface area contributed by atoms with E-state index >= 15 is 0 Å². The second-order valence-corrected chi connectivity index (χ2v) is 8.12. The Morgan fingerprint density at radius 2 is 1.73 bits per heavy atom. The molecule has 0 saturated carbocycles. The van der Waals surface area contributed by atoms with E-state index in [1.54, 1.807) is 35.1 Å². The van der Waals surface area contributed by atoms with E-state index in [-0.39, 0.29) is 10.8 Å². The molecule has 26 heavy (non-hydrogen) atoms. The van der Waals surface area contributed by atoms with Crippen LogP contribution in [0.15, 0.2) is 65.8 Å². The summed E-state index contributed by atoms with van der Waals surface area (Å²) >= 11 is 0. The normalized spacial score (nSPS) is 11.3. The van der Waals surface area contributed by atoms with Crippen LogP contribution in [0.1, 0.15) is 21.5 Å². The molecule has 6 nitrogen and oxygen atoms in total. The molecular weight excluding hydrogens is 350 g/mol. The van der Waals surface area contributed by atoms with E-state index in [2.05, 4.69) is 10.4 Å². The highest BCUT2D eigenvalue weighted by Crippen LogP contribution is 2.12. The lowest BCUT2D eigenvalue weighted by Gasteiger charge is -2.07. The molecule has 134 valence electrons. The minimum atomic E-state index is -3.21. The number of carbonyl (C=O) groups is 1. The molecule has 0 fully saturated rings. The predicted molar refractivity (Wildman–Crippen MR) is 99.0 cm³/mol. The third-order valence-corrected chi connectivity index (χ3v) is 5.04. The van der Waals surface area contributed by atoms with E-state index < -0.39 is 9.84 Å². The Balaban J connectivity index is 1.63. The first-order chi connectivity index (χ1) is 12.3. The number of amides is 1. The van der Waals surface area contributed by atoms with Crippen molar-refractivity contribution < 1.29 is 13.2 Å². The first kappa shape index (κ1) is 17.9. The summed E-state index contributed by atoms with van der Waals surface area (Å²) in [6.45, 7) is 2.29. The lowest BCUT2D eigenvalue weighted by atomic mass is 10.2. The zero-order valence-corrected chi connectivity index (χ0v) is 15.3. The minimum absolute atomic E-state index is 0.194. The number of hydrogen-bond donors (Lipinski definition) is 1. The van der Waals surface area contributed by atoms with Gasteiger partial charge in [0.05, 0.1) is 16.8 Å². The molecule has 0 aliphatic heterocycles. The summed E-state index contributed by atoms with van der Waals surface area (Å²) in [7, 11) is -3.21. The van der Waals surface area contributed by atoms with Crippen molar-refractivity contribution in [1.82, 2.24) is 15.1 Å². The molecule has 1 aromatic heterocycles. The standard InChI is InChI=1S/C19H19N3O3S/c1-14-11-21-22(13-14)17-7-5-16(6-8-17)19(23)20-12-15-3-9-18(10-4-15)26(2,24)25/h3-11,13H,12H2,1-2H3,(H,20,23). The average Bonchev–Trinajstić information content (AvgIpc) is 3.06. The van der Waals surface area contributed by atoms with Crippen LogP contribution >= 0.6 is 0 Å². The van der Waals surface area contributed by atoms with Gasteiger partial charge in [0.25, 0.3) is 5.91 Å². The van der Waals surface area contributed by atoms with Crippen molar-refractivity contribution >= 4 is 15.7 Å². The SMILES string of the molecule is Cc1cnn(-c2ccc(C(=O)NCc3ccc(S(C)(=O)=O)cc3)cc2)c1. The molecule has 3 rings (SSSR count). The average molecular weight is 369 g/mol. The molecule has 1 amide bonds. The molecule has 0 spiro atoms. The van der Waals surface area contributed by atoms with Crippen LogP contribution in [0.4, 0.5) is 0 Å². The molecule has 1 N–H and O–H groups in total. The topological polar surface area (TPSA) is 81.1 Å². The van der Waals surface area contributed by atoms with Crippen molar-refractivity contribution in [2.75, 3.05) is 6.26 Å². The van der Waals surface area contributed by atoms with Crippen LogP contribution in [0.3, 0.4) is 0 Å². The van der Waals surface area contributed by atoms with Gasteiger partial charge in [0.2, 0.25) is 0 Å². The zero-order chi connectivity index (χ0) is 18.7.